The molecular weight excluding hydrogens is 250 g/mol. The van der Waals surface area contributed by atoms with Gasteiger partial charge in [-0.3, -0.25) is 9.89 Å². The first-order valence-corrected chi connectivity index (χ1v) is 5.70. The summed E-state index contributed by atoms with van der Waals surface area (Å²) in [6.45, 7) is 0.0930. The van der Waals surface area contributed by atoms with E-state index in [-0.39, 0.29) is 18.9 Å². The van der Waals surface area contributed by atoms with Crippen molar-refractivity contribution >= 4 is 22.8 Å². The summed E-state index contributed by atoms with van der Waals surface area (Å²) in [5.41, 5.74) is 1.29. The molecule has 2 aromatic rings. The molecule has 0 fully saturated rings. The number of aliphatic carboxylic acids is 1. The predicted octanol–water partition coefficient (Wildman–Crippen LogP) is 0.128. The number of aromatic nitrogens is 2. The summed E-state index contributed by atoms with van der Waals surface area (Å²) in [4.78, 5) is 22.2. The van der Waals surface area contributed by atoms with Crippen molar-refractivity contribution in [2.24, 2.45) is 0 Å². The van der Waals surface area contributed by atoms with Gasteiger partial charge in [0.05, 0.1) is 11.7 Å². The Morgan fingerprint density at radius 3 is 2.95 bits per heavy atom. The molecule has 0 radical (unpaired) electrons. The highest BCUT2D eigenvalue weighted by molar-refractivity contribution is 5.97. The van der Waals surface area contributed by atoms with Crippen molar-refractivity contribution < 1.29 is 19.8 Å². The van der Waals surface area contributed by atoms with Crippen LogP contribution in [0, 0.1) is 0 Å². The zero-order valence-corrected chi connectivity index (χ0v) is 9.96. The van der Waals surface area contributed by atoms with E-state index in [4.69, 9.17) is 10.2 Å². The Bertz CT molecular complexity index is 608. The Morgan fingerprint density at radius 1 is 1.42 bits per heavy atom. The molecule has 7 nitrogen and oxygen atoms in total. The van der Waals surface area contributed by atoms with Gasteiger partial charge in [-0.2, -0.15) is 5.10 Å². The van der Waals surface area contributed by atoms with E-state index in [0.717, 1.165) is 10.9 Å². The summed E-state index contributed by atoms with van der Waals surface area (Å²) in [7, 11) is 0. The number of hydrogen-bond donors (Lipinski definition) is 4. The van der Waals surface area contributed by atoms with Crippen LogP contribution in [0.4, 0.5) is 0 Å². The number of aromatic amines is 1. The third kappa shape index (κ3) is 3.08. The van der Waals surface area contributed by atoms with Gasteiger partial charge in [-0.1, -0.05) is 0 Å². The van der Waals surface area contributed by atoms with Crippen molar-refractivity contribution in [3.05, 3.63) is 30.0 Å². The molecule has 0 saturated heterocycles. The first-order valence-electron chi connectivity index (χ1n) is 5.70. The number of benzene rings is 1. The third-order valence-electron chi connectivity index (χ3n) is 2.69. The number of carbonyl (C=O) groups is 2. The summed E-state index contributed by atoms with van der Waals surface area (Å²) in [6.07, 6.45) is 0.117. The number of hydrogen-bond acceptors (Lipinski definition) is 4. The molecule has 2 rings (SSSR count). The summed E-state index contributed by atoms with van der Waals surface area (Å²) in [6, 6.07) is 5.06. The number of rotatable bonds is 5. The molecule has 0 unspecified atom stereocenters. The molecule has 0 aliphatic heterocycles. The van der Waals surface area contributed by atoms with Gasteiger partial charge >= 0.3 is 5.97 Å². The first-order chi connectivity index (χ1) is 9.08. The number of nitrogens with zero attached hydrogens (tertiary/aromatic N) is 1. The Labute approximate surface area is 108 Å². The van der Waals surface area contributed by atoms with Gasteiger partial charge in [0.25, 0.3) is 5.91 Å². The molecule has 0 spiro atoms. The summed E-state index contributed by atoms with van der Waals surface area (Å²) >= 11 is 0. The molecule has 7 heteroatoms. The minimum atomic E-state index is -1.46. The van der Waals surface area contributed by atoms with Gasteiger partial charge in [0.1, 0.15) is 0 Å². The van der Waals surface area contributed by atoms with Crippen molar-refractivity contribution in [2.75, 3.05) is 6.54 Å². The fourth-order valence-corrected chi connectivity index (χ4v) is 1.63. The standard InChI is InChI=1S/C12H13N3O4/c16-10(12(18)19)3-4-13-11(17)7-1-2-9-8(5-7)6-14-15-9/h1-2,5-6,10,16H,3-4H2,(H,13,17)(H,14,15)(H,18,19)/t10-/m0/s1. The zero-order chi connectivity index (χ0) is 13.8. The van der Waals surface area contributed by atoms with Gasteiger partial charge in [0.2, 0.25) is 0 Å². The second-order valence-electron chi connectivity index (χ2n) is 4.07. The van der Waals surface area contributed by atoms with Crippen molar-refractivity contribution in [1.29, 1.82) is 0 Å². The van der Waals surface area contributed by atoms with Gasteiger partial charge in [-0.25, -0.2) is 4.79 Å². The normalized spacial score (nSPS) is 12.3. The van der Waals surface area contributed by atoms with Gasteiger partial charge in [0.15, 0.2) is 6.10 Å². The van der Waals surface area contributed by atoms with Crippen LogP contribution in [-0.4, -0.2) is 44.9 Å². The fourth-order valence-electron chi connectivity index (χ4n) is 1.63. The molecule has 0 saturated carbocycles. The smallest absolute Gasteiger partial charge is 0.332 e. The highest BCUT2D eigenvalue weighted by Crippen LogP contribution is 2.12. The Kier molecular flexibility index (Phi) is 3.76. The van der Waals surface area contributed by atoms with E-state index in [9.17, 15) is 9.59 Å². The lowest BCUT2D eigenvalue weighted by atomic mass is 10.1. The second-order valence-corrected chi connectivity index (χ2v) is 4.07. The Morgan fingerprint density at radius 2 is 2.21 bits per heavy atom. The number of aliphatic hydroxyl groups excluding tert-OH is 1. The van der Waals surface area contributed by atoms with Crippen LogP contribution in [0.25, 0.3) is 10.9 Å². The minimum absolute atomic E-state index is 0.0327. The monoisotopic (exact) mass is 263 g/mol. The minimum Gasteiger partial charge on any atom is -0.479 e. The maximum Gasteiger partial charge on any atom is 0.332 e. The van der Waals surface area contributed by atoms with Crippen LogP contribution in [0.2, 0.25) is 0 Å². The summed E-state index contributed by atoms with van der Waals surface area (Å²) in [5.74, 6) is -1.62. The average molecular weight is 263 g/mol. The molecule has 0 aliphatic carbocycles. The number of aliphatic hydroxyl groups is 1. The summed E-state index contributed by atoms with van der Waals surface area (Å²) < 4.78 is 0. The predicted molar refractivity (Wildman–Crippen MR) is 66.7 cm³/mol. The molecule has 19 heavy (non-hydrogen) atoms. The molecule has 100 valence electrons. The first kappa shape index (κ1) is 13.0. The maximum atomic E-state index is 11.8. The number of amides is 1. The Hall–Kier alpha value is -2.41. The number of H-pyrrole nitrogens is 1. The van der Waals surface area contributed by atoms with E-state index in [1.54, 1.807) is 24.4 Å². The van der Waals surface area contributed by atoms with Crippen molar-refractivity contribution in [2.45, 2.75) is 12.5 Å². The average Bonchev–Trinajstić information content (AvgIpc) is 2.85. The number of carboxylic acids is 1. The van der Waals surface area contributed by atoms with Crippen LogP contribution in [0.1, 0.15) is 16.8 Å². The molecule has 1 aromatic heterocycles. The number of fused-ring (bicyclic) bond motifs is 1. The SMILES string of the molecule is O=C(NCC[C@H](O)C(=O)O)c1ccc2[nH]ncc2c1. The van der Waals surface area contributed by atoms with Gasteiger partial charge < -0.3 is 15.5 Å². The Balaban J connectivity index is 1.94. The van der Waals surface area contributed by atoms with Crippen LogP contribution in [0.5, 0.6) is 0 Å². The molecule has 1 aromatic carbocycles. The molecule has 1 amide bonds. The van der Waals surface area contributed by atoms with Gasteiger partial charge in [-0.15, -0.1) is 0 Å². The van der Waals surface area contributed by atoms with Crippen molar-refractivity contribution in [1.82, 2.24) is 15.5 Å². The largest absolute Gasteiger partial charge is 0.479 e. The van der Waals surface area contributed by atoms with Gasteiger partial charge in [0, 0.05) is 23.9 Å². The molecule has 0 bridgehead atoms. The maximum absolute atomic E-state index is 11.8. The second kappa shape index (κ2) is 5.49. The summed E-state index contributed by atoms with van der Waals surface area (Å²) in [5, 5.41) is 27.5. The molecule has 1 atom stereocenters. The quantitative estimate of drug-likeness (QED) is 0.612. The highest BCUT2D eigenvalue weighted by Gasteiger charge is 2.13. The van der Waals surface area contributed by atoms with E-state index in [0.29, 0.717) is 5.56 Å². The van der Waals surface area contributed by atoms with Crippen LogP contribution in [0.15, 0.2) is 24.4 Å². The molecule has 4 N–H and O–H groups in total. The van der Waals surface area contributed by atoms with Crippen molar-refractivity contribution in [3.8, 4) is 0 Å². The van der Waals surface area contributed by atoms with Crippen LogP contribution < -0.4 is 5.32 Å². The van der Waals surface area contributed by atoms with Crippen LogP contribution in [-0.2, 0) is 4.79 Å². The number of carbonyl (C=O) groups excluding carboxylic acids is 1. The zero-order valence-electron chi connectivity index (χ0n) is 9.96. The number of carboxylic acid groups (broad SMARTS) is 1. The number of nitrogens with one attached hydrogen (secondary N) is 2. The topological polar surface area (TPSA) is 115 Å². The molecule has 0 aliphatic rings. The lowest BCUT2D eigenvalue weighted by Gasteiger charge is -2.07. The van der Waals surface area contributed by atoms with E-state index < -0.39 is 12.1 Å². The molecule has 1 heterocycles. The van der Waals surface area contributed by atoms with E-state index >= 15 is 0 Å². The van der Waals surface area contributed by atoms with E-state index in [1.165, 1.54) is 0 Å². The molecular formula is C12H13N3O4. The highest BCUT2D eigenvalue weighted by atomic mass is 16.4. The van der Waals surface area contributed by atoms with E-state index in [2.05, 4.69) is 15.5 Å². The third-order valence-corrected chi connectivity index (χ3v) is 2.69. The van der Waals surface area contributed by atoms with Crippen molar-refractivity contribution in [3.63, 3.8) is 0 Å². The fraction of sp³-hybridized carbons (Fsp3) is 0.250. The lowest BCUT2D eigenvalue weighted by Crippen LogP contribution is -2.30. The van der Waals surface area contributed by atoms with E-state index in [1.807, 2.05) is 0 Å². The van der Waals surface area contributed by atoms with Crippen LogP contribution in [0.3, 0.4) is 0 Å². The van der Waals surface area contributed by atoms with Crippen LogP contribution >= 0.6 is 0 Å². The lowest BCUT2D eigenvalue weighted by molar-refractivity contribution is -0.146. The van der Waals surface area contributed by atoms with Gasteiger partial charge in [-0.05, 0) is 18.2 Å².